The van der Waals surface area contributed by atoms with Gasteiger partial charge in [0.2, 0.25) is 0 Å². The smallest absolute Gasteiger partial charge is 0.321 e. The van der Waals surface area contributed by atoms with E-state index in [2.05, 4.69) is 12.2 Å². The quantitative estimate of drug-likeness (QED) is 0.822. The van der Waals surface area contributed by atoms with Crippen molar-refractivity contribution >= 4 is 11.7 Å². The van der Waals surface area contributed by atoms with Gasteiger partial charge in [-0.3, -0.25) is 0 Å². The number of amides is 2. The van der Waals surface area contributed by atoms with Gasteiger partial charge in [0.05, 0.1) is 6.61 Å². The van der Waals surface area contributed by atoms with Gasteiger partial charge in [0.1, 0.15) is 0 Å². The first-order valence-corrected chi connectivity index (χ1v) is 5.89. The van der Waals surface area contributed by atoms with Gasteiger partial charge in [0.15, 0.2) is 0 Å². The Morgan fingerprint density at radius 3 is 2.53 bits per heavy atom. The molecule has 2 N–H and O–H groups in total. The number of aliphatic hydroxyl groups is 1. The molecule has 0 saturated heterocycles. The number of hydrogen-bond acceptors (Lipinski definition) is 2. The Morgan fingerprint density at radius 1 is 1.35 bits per heavy atom. The van der Waals surface area contributed by atoms with Crippen molar-refractivity contribution < 1.29 is 9.90 Å². The second-order valence-corrected chi connectivity index (χ2v) is 4.02. The van der Waals surface area contributed by atoms with Gasteiger partial charge in [-0.1, -0.05) is 25.5 Å². The molecule has 0 atom stereocenters. The van der Waals surface area contributed by atoms with E-state index in [1.807, 2.05) is 24.3 Å². The van der Waals surface area contributed by atoms with E-state index in [-0.39, 0.29) is 12.6 Å². The highest BCUT2D eigenvalue weighted by Crippen LogP contribution is 2.11. The number of benzene rings is 1. The summed E-state index contributed by atoms with van der Waals surface area (Å²) in [5, 5.41) is 11.5. The maximum Gasteiger partial charge on any atom is 0.321 e. The predicted molar refractivity (Wildman–Crippen MR) is 69.2 cm³/mol. The summed E-state index contributed by atoms with van der Waals surface area (Å²) in [6.07, 6.45) is 2.17. The number of urea groups is 1. The zero-order valence-electron chi connectivity index (χ0n) is 10.4. The minimum atomic E-state index is -0.206. The number of rotatable bonds is 5. The van der Waals surface area contributed by atoms with Crippen molar-refractivity contribution in [1.82, 2.24) is 4.90 Å². The number of carbonyl (C=O) groups excluding carboxylic acids is 1. The average Bonchev–Trinajstić information content (AvgIpc) is 2.32. The van der Waals surface area contributed by atoms with Crippen LogP contribution < -0.4 is 5.32 Å². The lowest BCUT2D eigenvalue weighted by Gasteiger charge is -2.16. The standard InChI is InChI=1S/C13H20N2O2/c1-3-4-11-5-7-12(8-6-11)14-13(17)15(2)9-10-16/h5-8,16H,3-4,9-10H2,1-2H3,(H,14,17). The van der Waals surface area contributed by atoms with Crippen molar-refractivity contribution in [1.29, 1.82) is 0 Å². The van der Waals surface area contributed by atoms with E-state index >= 15 is 0 Å². The van der Waals surface area contributed by atoms with Gasteiger partial charge in [-0.05, 0) is 24.1 Å². The third-order valence-corrected chi connectivity index (χ3v) is 2.53. The zero-order chi connectivity index (χ0) is 12.7. The van der Waals surface area contributed by atoms with Gasteiger partial charge in [-0.15, -0.1) is 0 Å². The Kier molecular flexibility index (Phi) is 5.49. The highest BCUT2D eigenvalue weighted by molar-refractivity contribution is 5.89. The van der Waals surface area contributed by atoms with Crippen LogP contribution in [0.4, 0.5) is 10.5 Å². The normalized spacial score (nSPS) is 10.1. The second kappa shape index (κ2) is 6.91. The van der Waals surface area contributed by atoms with Crippen LogP contribution in [0.1, 0.15) is 18.9 Å². The van der Waals surface area contributed by atoms with Crippen molar-refractivity contribution in [3.8, 4) is 0 Å². The molecule has 0 spiro atoms. The monoisotopic (exact) mass is 236 g/mol. The molecule has 94 valence electrons. The molecule has 4 nitrogen and oxygen atoms in total. The van der Waals surface area contributed by atoms with E-state index in [1.165, 1.54) is 10.5 Å². The van der Waals surface area contributed by atoms with Crippen LogP contribution in [-0.2, 0) is 6.42 Å². The van der Waals surface area contributed by atoms with E-state index in [0.717, 1.165) is 18.5 Å². The molecule has 0 heterocycles. The fourth-order valence-electron chi connectivity index (χ4n) is 1.51. The molecule has 0 bridgehead atoms. The molecular formula is C13H20N2O2. The summed E-state index contributed by atoms with van der Waals surface area (Å²) in [5.41, 5.74) is 2.05. The predicted octanol–water partition coefficient (Wildman–Crippen LogP) is 2.10. The minimum absolute atomic E-state index is 0.0284. The summed E-state index contributed by atoms with van der Waals surface area (Å²) in [7, 11) is 1.65. The molecule has 17 heavy (non-hydrogen) atoms. The number of nitrogens with one attached hydrogen (secondary N) is 1. The SMILES string of the molecule is CCCc1ccc(NC(=O)N(C)CCO)cc1. The zero-order valence-corrected chi connectivity index (χ0v) is 10.4. The number of hydrogen-bond donors (Lipinski definition) is 2. The van der Waals surface area contributed by atoms with Crippen LogP contribution in [0.25, 0.3) is 0 Å². The fraction of sp³-hybridized carbons (Fsp3) is 0.462. The third kappa shape index (κ3) is 4.44. The van der Waals surface area contributed by atoms with Crippen LogP contribution in [0.5, 0.6) is 0 Å². The highest BCUT2D eigenvalue weighted by Gasteiger charge is 2.07. The maximum atomic E-state index is 11.6. The minimum Gasteiger partial charge on any atom is -0.395 e. The van der Waals surface area contributed by atoms with Crippen LogP contribution in [0.2, 0.25) is 0 Å². The van der Waals surface area contributed by atoms with Crippen molar-refractivity contribution in [2.45, 2.75) is 19.8 Å². The Balaban J connectivity index is 2.53. The van der Waals surface area contributed by atoms with Gasteiger partial charge in [-0.2, -0.15) is 0 Å². The molecule has 1 aromatic carbocycles. The summed E-state index contributed by atoms with van der Waals surface area (Å²) in [6, 6.07) is 7.63. The number of aryl methyl sites for hydroxylation is 1. The number of aliphatic hydroxyl groups excluding tert-OH is 1. The largest absolute Gasteiger partial charge is 0.395 e. The molecule has 0 aliphatic rings. The molecule has 0 aliphatic heterocycles. The van der Waals surface area contributed by atoms with Gasteiger partial charge in [0.25, 0.3) is 0 Å². The van der Waals surface area contributed by atoms with Gasteiger partial charge in [-0.25, -0.2) is 4.79 Å². The van der Waals surface area contributed by atoms with Crippen molar-refractivity contribution in [2.75, 3.05) is 25.5 Å². The van der Waals surface area contributed by atoms with Crippen LogP contribution in [0.15, 0.2) is 24.3 Å². The molecule has 2 amide bonds. The van der Waals surface area contributed by atoms with Crippen LogP contribution in [0, 0.1) is 0 Å². The molecular weight excluding hydrogens is 216 g/mol. The molecule has 1 rings (SSSR count). The number of nitrogens with zero attached hydrogens (tertiary/aromatic N) is 1. The van der Waals surface area contributed by atoms with Crippen molar-refractivity contribution in [3.05, 3.63) is 29.8 Å². The second-order valence-electron chi connectivity index (χ2n) is 4.02. The molecule has 0 fully saturated rings. The summed E-state index contributed by atoms with van der Waals surface area (Å²) in [6.45, 7) is 2.44. The number of carbonyl (C=O) groups is 1. The van der Waals surface area contributed by atoms with E-state index in [9.17, 15) is 4.79 Å². The topological polar surface area (TPSA) is 52.6 Å². The Morgan fingerprint density at radius 2 is 2.00 bits per heavy atom. The average molecular weight is 236 g/mol. The summed E-state index contributed by atoms with van der Waals surface area (Å²) >= 11 is 0. The number of likely N-dealkylation sites (N-methyl/N-ethyl adjacent to an activating group) is 1. The van der Waals surface area contributed by atoms with Crippen molar-refractivity contribution in [2.24, 2.45) is 0 Å². The molecule has 0 saturated carbocycles. The highest BCUT2D eigenvalue weighted by atomic mass is 16.3. The summed E-state index contributed by atoms with van der Waals surface area (Å²) < 4.78 is 0. The van der Waals surface area contributed by atoms with E-state index in [0.29, 0.717) is 6.54 Å². The first-order valence-electron chi connectivity index (χ1n) is 5.89. The molecule has 0 aliphatic carbocycles. The molecule has 0 radical (unpaired) electrons. The van der Waals surface area contributed by atoms with Crippen LogP contribution in [-0.4, -0.2) is 36.2 Å². The molecule has 0 aromatic heterocycles. The Hall–Kier alpha value is -1.55. The Labute approximate surface area is 102 Å². The lowest BCUT2D eigenvalue weighted by molar-refractivity contribution is 0.202. The van der Waals surface area contributed by atoms with Gasteiger partial charge < -0.3 is 15.3 Å². The lowest BCUT2D eigenvalue weighted by atomic mass is 10.1. The Bertz CT molecular complexity index is 349. The van der Waals surface area contributed by atoms with E-state index in [1.54, 1.807) is 7.05 Å². The lowest BCUT2D eigenvalue weighted by Crippen LogP contribution is -2.33. The number of anilines is 1. The van der Waals surface area contributed by atoms with E-state index in [4.69, 9.17) is 5.11 Å². The van der Waals surface area contributed by atoms with Crippen LogP contribution >= 0.6 is 0 Å². The molecule has 4 heteroatoms. The summed E-state index contributed by atoms with van der Waals surface area (Å²) in [4.78, 5) is 13.1. The first kappa shape index (κ1) is 13.5. The van der Waals surface area contributed by atoms with Crippen LogP contribution in [0.3, 0.4) is 0 Å². The molecule has 1 aromatic rings. The molecule has 0 unspecified atom stereocenters. The fourth-order valence-corrected chi connectivity index (χ4v) is 1.51. The van der Waals surface area contributed by atoms with Gasteiger partial charge >= 0.3 is 6.03 Å². The first-order chi connectivity index (χ1) is 8.17. The maximum absolute atomic E-state index is 11.6. The van der Waals surface area contributed by atoms with Crippen molar-refractivity contribution in [3.63, 3.8) is 0 Å². The van der Waals surface area contributed by atoms with Gasteiger partial charge in [0, 0.05) is 19.3 Å². The third-order valence-electron chi connectivity index (χ3n) is 2.53. The summed E-state index contributed by atoms with van der Waals surface area (Å²) in [5.74, 6) is 0. The van der Waals surface area contributed by atoms with E-state index < -0.39 is 0 Å².